The Bertz CT molecular complexity index is 423. The van der Waals surface area contributed by atoms with Gasteiger partial charge in [0.1, 0.15) is 0 Å². The Balaban J connectivity index is 2.16. The van der Waals surface area contributed by atoms with Crippen molar-refractivity contribution in [1.29, 1.82) is 0 Å². The van der Waals surface area contributed by atoms with E-state index < -0.39 is 0 Å². The van der Waals surface area contributed by atoms with Gasteiger partial charge in [-0.1, -0.05) is 13.8 Å². The maximum absolute atomic E-state index is 11.8. The van der Waals surface area contributed by atoms with Crippen molar-refractivity contribution in [3.05, 3.63) is 20.8 Å². The van der Waals surface area contributed by atoms with E-state index in [2.05, 4.69) is 15.9 Å². The van der Waals surface area contributed by atoms with E-state index in [9.17, 15) is 9.59 Å². The summed E-state index contributed by atoms with van der Waals surface area (Å²) in [7, 11) is 0. The molecule has 0 bridgehead atoms. The Hall–Kier alpha value is -0.680. The third-order valence-corrected chi connectivity index (χ3v) is 4.58. The topological polar surface area (TPSA) is 37.4 Å². The first kappa shape index (κ1) is 11.8. The van der Waals surface area contributed by atoms with Gasteiger partial charge < -0.3 is 0 Å². The number of thiophene rings is 1. The summed E-state index contributed by atoms with van der Waals surface area (Å²) >= 11 is 4.92. The fourth-order valence-electron chi connectivity index (χ4n) is 1.80. The number of carbonyl (C=O) groups is 2. The standard InChI is InChI=1S/C11H12BrNO2S/c1-6-7(2)11(15)13(10(6)14)4-8-3-9(12)16-5-8/h3,5-7H,4H2,1-2H3. The Kier molecular flexibility index (Phi) is 3.17. The molecule has 2 rings (SSSR count). The van der Waals surface area contributed by atoms with Crippen LogP contribution in [0.3, 0.4) is 0 Å². The highest BCUT2D eigenvalue weighted by atomic mass is 79.9. The lowest BCUT2D eigenvalue weighted by Crippen LogP contribution is -2.30. The molecule has 1 fully saturated rings. The summed E-state index contributed by atoms with van der Waals surface area (Å²) in [6.45, 7) is 4.03. The van der Waals surface area contributed by atoms with Gasteiger partial charge in [-0.05, 0) is 32.9 Å². The maximum Gasteiger partial charge on any atom is 0.233 e. The van der Waals surface area contributed by atoms with Crippen molar-refractivity contribution in [2.24, 2.45) is 11.8 Å². The zero-order valence-electron chi connectivity index (χ0n) is 9.07. The van der Waals surface area contributed by atoms with Crippen molar-refractivity contribution in [3.63, 3.8) is 0 Å². The average Bonchev–Trinajstić information content (AvgIpc) is 2.73. The molecule has 1 aromatic heterocycles. The van der Waals surface area contributed by atoms with Crippen molar-refractivity contribution in [1.82, 2.24) is 4.90 Å². The van der Waals surface area contributed by atoms with Crippen molar-refractivity contribution >= 4 is 39.1 Å². The van der Waals surface area contributed by atoms with Crippen LogP contribution in [0, 0.1) is 11.8 Å². The second-order valence-corrected chi connectivity index (χ2v) is 6.39. The second kappa shape index (κ2) is 4.30. The van der Waals surface area contributed by atoms with Crippen molar-refractivity contribution in [2.45, 2.75) is 20.4 Å². The number of hydrogen-bond acceptors (Lipinski definition) is 3. The number of hydrogen-bond donors (Lipinski definition) is 0. The van der Waals surface area contributed by atoms with Crippen LogP contribution < -0.4 is 0 Å². The minimum atomic E-state index is -0.186. The zero-order valence-corrected chi connectivity index (χ0v) is 11.5. The number of carbonyl (C=O) groups excluding carboxylic acids is 2. The van der Waals surface area contributed by atoms with E-state index in [4.69, 9.17) is 0 Å². The van der Waals surface area contributed by atoms with Crippen LogP contribution in [0.2, 0.25) is 0 Å². The van der Waals surface area contributed by atoms with E-state index in [0.29, 0.717) is 6.54 Å². The van der Waals surface area contributed by atoms with Crippen LogP contribution in [0.15, 0.2) is 15.2 Å². The molecule has 16 heavy (non-hydrogen) atoms. The molecule has 0 radical (unpaired) electrons. The molecule has 2 unspecified atom stereocenters. The molecule has 0 N–H and O–H groups in total. The first-order valence-electron chi connectivity index (χ1n) is 5.09. The summed E-state index contributed by atoms with van der Waals surface area (Å²) in [5.41, 5.74) is 1.000. The number of amides is 2. The Morgan fingerprint density at radius 3 is 2.31 bits per heavy atom. The highest BCUT2D eigenvalue weighted by molar-refractivity contribution is 9.11. The Labute approximate surface area is 107 Å². The lowest BCUT2D eigenvalue weighted by atomic mass is 10.00. The molecule has 3 nitrogen and oxygen atoms in total. The highest BCUT2D eigenvalue weighted by Gasteiger charge is 2.41. The monoisotopic (exact) mass is 301 g/mol. The lowest BCUT2D eigenvalue weighted by Gasteiger charge is -2.13. The first-order valence-corrected chi connectivity index (χ1v) is 6.76. The predicted molar refractivity (Wildman–Crippen MR) is 65.9 cm³/mol. The van der Waals surface area contributed by atoms with Gasteiger partial charge in [-0.3, -0.25) is 14.5 Å². The molecule has 0 aliphatic carbocycles. The predicted octanol–water partition coefficient (Wildman–Crippen LogP) is 2.65. The second-order valence-electron chi connectivity index (χ2n) is 4.10. The number of nitrogens with zero attached hydrogens (tertiary/aromatic N) is 1. The minimum absolute atomic E-state index is 0.0557. The molecule has 1 aliphatic rings. The van der Waals surface area contributed by atoms with E-state index in [0.717, 1.165) is 9.35 Å². The van der Waals surface area contributed by atoms with Gasteiger partial charge in [0, 0.05) is 11.8 Å². The molecular formula is C11H12BrNO2S. The largest absolute Gasteiger partial charge is 0.278 e. The van der Waals surface area contributed by atoms with E-state index >= 15 is 0 Å². The molecule has 0 saturated carbocycles. The minimum Gasteiger partial charge on any atom is -0.278 e. The van der Waals surface area contributed by atoms with Gasteiger partial charge in [0.05, 0.1) is 10.3 Å². The number of rotatable bonds is 2. The molecular weight excluding hydrogens is 290 g/mol. The molecule has 0 aromatic carbocycles. The third kappa shape index (κ3) is 1.94. The summed E-state index contributed by atoms with van der Waals surface area (Å²) in [5, 5.41) is 1.96. The van der Waals surface area contributed by atoms with Gasteiger partial charge in [0.15, 0.2) is 0 Å². The normalized spacial score (nSPS) is 25.6. The fourth-order valence-corrected chi connectivity index (χ4v) is 3.00. The van der Waals surface area contributed by atoms with Gasteiger partial charge in [0.2, 0.25) is 11.8 Å². The molecule has 2 atom stereocenters. The highest BCUT2D eigenvalue weighted by Crippen LogP contribution is 2.28. The lowest BCUT2D eigenvalue weighted by molar-refractivity contribution is -0.140. The van der Waals surface area contributed by atoms with Crippen LogP contribution in [0.25, 0.3) is 0 Å². The van der Waals surface area contributed by atoms with Crippen molar-refractivity contribution < 1.29 is 9.59 Å². The zero-order chi connectivity index (χ0) is 11.9. The van der Waals surface area contributed by atoms with Gasteiger partial charge in [-0.2, -0.15) is 0 Å². The van der Waals surface area contributed by atoms with Gasteiger partial charge in [-0.15, -0.1) is 11.3 Å². The Morgan fingerprint density at radius 1 is 1.31 bits per heavy atom. The number of imide groups is 1. The van der Waals surface area contributed by atoms with Crippen LogP contribution in [-0.4, -0.2) is 16.7 Å². The Morgan fingerprint density at radius 2 is 1.88 bits per heavy atom. The number of halogens is 1. The molecule has 2 amide bonds. The van der Waals surface area contributed by atoms with Gasteiger partial charge in [-0.25, -0.2) is 0 Å². The van der Waals surface area contributed by atoms with Crippen molar-refractivity contribution in [3.8, 4) is 0 Å². The molecule has 1 saturated heterocycles. The molecule has 2 heterocycles. The quantitative estimate of drug-likeness (QED) is 0.788. The molecule has 86 valence electrons. The van der Waals surface area contributed by atoms with Crippen LogP contribution in [0.5, 0.6) is 0 Å². The maximum atomic E-state index is 11.8. The third-order valence-electron chi connectivity index (χ3n) is 3.02. The molecule has 1 aromatic rings. The van der Waals surface area contributed by atoms with E-state index in [1.807, 2.05) is 25.3 Å². The first-order chi connectivity index (χ1) is 7.50. The van der Waals surface area contributed by atoms with Crippen LogP contribution in [0.1, 0.15) is 19.4 Å². The molecule has 5 heteroatoms. The summed E-state index contributed by atoms with van der Waals surface area (Å²) < 4.78 is 1.02. The summed E-state index contributed by atoms with van der Waals surface area (Å²) in [4.78, 5) is 25.0. The summed E-state index contributed by atoms with van der Waals surface area (Å²) in [5.74, 6) is -0.483. The van der Waals surface area contributed by atoms with E-state index in [1.54, 1.807) is 11.3 Å². The van der Waals surface area contributed by atoms with Crippen molar-refractivity contribution in [2.75, 3.05) is 0 Å². The summed E-state index contributed by atoms with van der Waals surface area (Å²) in [6.07, 6.45) is 0. The van der Waals surface area contributed by atoms with Crippen LogP contribution >= 0.6 is 27.3 Å². The average molecular weight is 302 g/mol. The smallest absolute Gasteiger partial charge is 0.233 e. The summed E-state index contributed by atoms with van der Waals surface area (Å²) in [6, 6.07) is 1.94. The SMILES string of the molecule is CC1C(=O)N(Cc2csc(Br)c2)C(=O)C1C. The van der Waals surface area contributed by atoms with Gasteiger partial charge >= 0.3 is 0 Å². The van der Waals surface area contributed by atoms with Crippen LogP contribution in [-0.2, 0) is 16.1 Å². The van der Waals surface area contributed by atoms with Gasteiger partial charge in [0.25, 0.3) is 0 Å². The van der Waals surface area contributed by atoms with E-state index in [-0.39, 0.29) is 23.7 Å². The fraction of sp³-hybridized carbons (Fsp3) is 0.455. The van der Waals surface area contributed by atoms with Crippen LogP contribution in [0.4, 0.5) is 0 Å². The molecule has 1 aliphatic heterocycles. The van der Waals surface area contributed by atoms with E-state index in [1.165, 1.54) is 4.90 Å². The molecule has 0 spiro atoms. The number of likely N-dealkylation sites (tertiary alicyclic amines) is 1.